The second-order valence-corrected chi connectivity index (χ2v) is 8.40. The van der Waals surface area contributed by atoms with Gasteiger partial charge in [-0.3, -0.25) is 4.72 Å². The lowest BCUT2D eigenvalue weighted by Crippen LogP contribution is -2.14. The summed E-state index contributed by atoms with van der Waals surface area (Å²) >= 11 is 0. The van der Waals surface area contributed by atoms with E-state index in [2.05, 4.69) is 9.71 Å². The summed E-state index contributed by atoms with van der Waals surface area (Å²) in [6.07, 6.45) is 3.79. The number of rotatable bonds is 6. The summed E-state index contributed by atoms with van der Waals surface area (Å²) in [7, 11) is -0.902. The summed E-state index contributed by atoms with van der Waals surface area (Å²) in [5.41, 5.74) is 3.66. The van der Waals surface area contributed by atoms with Gasteiger partial charge in [0.15, 0.2) is 11.5 Å². The van der Waals surface area contributed by atoms with Gasteiger partial charge >= 0.3 is 0 Å². The quantitative estimate of drug-likeness (QED) is 0.504. The van der Waals surface area contributed by atoms with E-state index in [0.29, 0.717) is 28.4 Å². The van der Waals surface area contributed by atoms with E-state index in [9.17, 15) is 8.42 Å². The largest absolute Gasteiger partial charge is 0.493 e. The van der Waals surface area contributed by atoms with Crippen LogP contribution in [0.4, 0.5) is 5.69 Å². The van der Waals surface area contributed by atoms with Crippen LogP contribution >= 0.6 is 0 Å². The third-order valence-corrected chi connectivity index (χ3v) is 6.15. The highest BCUT2D eigenvalue weighted by molar-refractivity contribution is 7.92. The molecule has 8 heteroatoms. The molecule has 7 nitrogen and oxygen atoms in total. The molecule has 4 rings (SSSR count). The highest BCUT2D eigenvalue weighted by atomic mass is 32.2. The monoisotopic (exact) mass is 423 g/mol. The van der Waals surface area contributed by atoms with Crippen LogP contribution in [0.2, 0.25) is 0 Å². The molecule has 2 heterocycles. The van der Waals surface area contributed by atoms with E-state index in [1.807, 2.05) is 48.0 Å². The molecular weight excluding hydrogens is 402 g/mol. The van der Waals surface area contributed by atoms with Gasteiger partial charge in [0.25, 0.3) is 10.0 Å². The van der Waals surface area contributed by atoms with Crippen molar-refractivity contribution in [2.75, 3.05) is 18.9 Å². The number of aryl methyl sites for hydroxylation is 1. The normalized spacial score (nSPS) is 11.4. The standard InChI is InChI=1S/C22H21N3O4S/c1-15-7-6-12-25-14-19(23-22(15)25)17-8-4-5-9-18(17)24-30(26,27)16-10-11-20(28-2)21(13-16)29-3/h4-14,24H,1-3H3. The van der Waals surface area contributed by atoms with Crippen LogP contribution < -0.4 is 14.2 Å². The van der Waals surface area contributed by atoms with Crippen LogP contribution in [0.1, 0.15) is 5.56 Å². The zero-order valence-electron chi connectivity index (χ0n) is 16.8. The van der Waals surface area contributed by atoms with Gasteiger partial charge in [0.1, 0.15) is 5.65 Å². The van der Waals surface area contributed by atoms with Gasteiger partial charge in [-0.1, -0.05) is 24.3 Å². The van der Waals surface area contributed by atoms with Gasteiger partial charge < -0.3 is 13.9 Å². The Bertz CT molecular complexity index is 1330. The molecule has 4 aromatic rings. The fourth-order valence-corrected chi connectivity index (χ4v) is 4.36. The molecule has 30 heavy (non-hydrogen) atoms. The number of nitrogens with one attached hydrogen (secondary N) is 1. The predicted octanol–water partition coefficient (Wildman–Crippen LogP) is 4.13. The summed E-state index contributed by atoms with van der Waals surface area (Å²) in [6.45, 7) is 1.98. The van der Waals surface area contributed by atoms with Crippen molar-refractivity contribution in [3.8, 4) is 22.8 Å². The second-order valence-electron chi connectivity index (χ2n) is 6.72. The number of ether oxygens (including phenoxy) is 2. The lowest BCUT2D eigenvalue weighted by atomic mass is 10.1. The van der Waals surface area contributed by atoms with Crippen molar-refractivity contribution in [1.82, 2.24) is 9.38 Å². The number of aromatic nitrogens is 2. The average molecular weight is 423 g/mol. The van der Waals surface area contributed by atoms with Crippen molar-refractivity contribution in [3.63, 3.8) is 0 Å². The van der Waals surface area contributed by atoms with E-state index >= 15 is 0 Å². The molecule has 0 atom stereocenters. The Labute approximate surface area is 175 Å². The Morgan fingerprint density at radius 3 is 2.47 bits per heavy atom. The molecule has 0 aliphatic carbocycles. The Kier molecular flexibility index (Phi) is 5.09. The molecule has 0 saturated heterocycles. The molecule has 0 saturated carbocycles. The number of pyridine rings is 1. The first-order valence-electron chi connectivity index (χ1n) is 9.21. The fourth-order valence-electron chi connectivity index (χ4n) is 3.27. The van der Waals surface area contributed by atoms with E-state index in [1.165, 1.54) is 26.4 Å². The number of para-hydroxylation sites is 1. The molecule has 2 aromatic carbocycles. The van der Waals surface area contributed by atoms with Crippen LogP contribution in [0.3, 0.4) is 0 Å². The number of fused-ring (bicyclic) bond motifs is 1. The van der Waals surface area contributed by atoms with Crippen molar-refractivity contribution < 1.29 is 17.9 Å². The summed E-state index contributed by atoms with van der Waals surface area (Å²) < 4.78 is 41.1. The highest BCUT2D eigenvalue weighted by Gasteiger charge is 2.20. The maximum atomic E-state index is 13.0. The van der Waals surface area contributed by atoms with E-state index in [-0.39, 0.29) is 4.90 Å². The Morgan fingerprint density at radius 2 is 1.73 bits per heavy atom. The molecule has 0 spiro atoms. The number of nitrogens with zero attached hydrogens (tertiary/aromatic N) is 2. The van der Waals surface area contributed by atoms with Crippen LogP contribution in [0.15, 0.2) is 71.9 Å². The SMILES string of the molecule is COc1ccc(S(=O)(=O)Nc2ccccc2-c2cn3cccc(C)c3n2)cc1OC. The number of imidazole rings is 1. The van der Waals surface area contributed by atoms with Gasteiger partial charge in [0.05, 0.1) is 30.5 Å². The van der Waals surface area contributed by atoms with Crippen molar-refractivity contribution in [1.29, 1.82) is 0 Å². The zero-order chi connectivity index (χ0) is 21.3. The Balaban J connectivity index is 1.74. The topological polar surface area (TPSA) is 81.9 Å². The number of benzene rings is 2. The maximum absolute atomic E-state index is 13.0. The summed E-state index contributed by atoms with van der Waals surface area (Å²) in [6, 6.07) is 15.6. The number of hydrogen-bond acceptors (Lipinski definition) is 5. The average Bonchev–Trinajstić information content (AvgIpc) is 3.19. The summed E-state index contributed by atoms with van der Waals surface area (Å²) in [4.78, 5) is 4.76. The van der Waals surface area contributed by atoms with E-state index < -0.39 is 10.0 Å². The lowest BCUT2D eigenvalue weighted by molar-refractivity contribution is 0.354. The highest BCUT2D eigenvalue weighted by Crippen LogP contribution is 2.32. The third kappa shape index (κ3) is 3.57. The third-order valence-electron chi connectivity index (χ3n) is 4.79. The number of anilines is 1. The van der Waals surface area contributed by atoms with Crippen LogP contribution in [-0.4, -0.2) is 32.0 Å². The minimum absolute atomic E-state index is 0.0702. The number of hydrogen-bond donors (Lipinski definition) is 1. The molecule has 2 aromatic heterocycles. The first kappa shape index (κ1) is 19.8. The Morgan fingerprint density at radius 1 is 0.967 bits per heavy atom. The van der Waals surface area contributed by atoms with Gasteiger partial charge in [-0.25, -0.2) is 13.4 Å². The van der Waals surface area contributed by atoms with Crippen molar-refractivity contribution in [2.24, 2.45) is 0 Å². The van der Waals surface area contributed by atoms with Crippen molar-refractivity contribution in [2.45, 2.75) is 11.8 Å². The smallest absolute Gasteiger partial charge is 0.262 e. The van der Waals surface area contributed by atoms with Gasteiger partial charge in [-0.15, -0.1) is 0 Å². The van der Waals surface area contributed by atoms with Crippen LogP contribution in [0.25, 0.3) is 16.9 Å². The lowest BCUT2D eigenvalue weighted by Gasteiger charge is -2.13. The summed E-state index contributed by atoms with van der Waals surface area (Å²) in [5.74, 6) is 0.793. The Hall–Kier alpha value is -3.52. The van der Waals surface area contributed by atoms with Gasteiger partial charge in [0.2, 0.25) is 0 Å². The van der Waals surface area contributed by atoms with Gasteiger partial charge in [0, 0.05) is 24.0 Å². The molecule has 0 unspecified atom stereocenters. The molecule has 0 bridgehead atoms. The number of methoxy groups -OCH3 is 2. The molecular formula is C22H21N3O4S. The molecule has 0 radical (unpaired) electrons. The van der Waals surface area contributed by atoms with E-state index in [0.717, 1.165) is 11.2 Å². The zero-order valence-corrected chi connectivity index (χ0v) is 17.6. The first-order valence-corrected chi connectivity index (χ1v) is 10.7. The predicted molar refractivity (Wildman–Crippen MR) is 116 cm³/mol. The second kappa shape index (κ2) is 7.72. The van der Waals surface area contributed by atoms with E-state index in [4.69, 9.17) is 9.47 Å². The molecule has 0 fully saturated rings. The molecule has 154 valence electrons. The molecule has 0 aliphatic heterocycles. The van der Waals surface area contributed by atoms with Crippen LogP contribution in [-0.2, 0) is 10.0 Å². The van der Waals surface area contributed by atoms with Crippen LogP contribution in [0.5, 0.6) is 11.5 Å². The molecule has 1 N–H and O–H groups in total. The first-order chi connectivity index (χ1) is 14.4. The molecule has 0 amide bonds. The van der Waals surface area contributed by atoms with Gasteiger partial charge in [-0.05, 0) is 36.8 Å². The summed E-state index contributed by atoms with van der Waals surface area (Å²) in [5, 5.41) is 0. The van der Waals surface area contributed by atoms with E-state index in [1.54, 1.807) is 18.2 Å². The van der Waals surface area contributed by atoms with Crippen molar-refractivity contribution >= 4 is 21.4 Å². The minimum Gasteiger partial charge on any atom is -0.493 e. The molecule has 0 aliphatic rings. The van der Waals surface area contributed by atoms with Crippen LogP contribution in [0, 0.1) is 6.92 Å². The van der Waals surface area contributed by atoms with Gasteiger partial charge in [-0.2, -0.15) is 0 Å². The fraction of sp³-hybridized carbons (Fsp3) is 0.136. The van der Waals surface area contributed by atoms with Crippen molar-refractivity contribution in [3.05, 3.63) is 72.6 Å². The number of sulfonamides is 1. The maximum Gasteiger partial charge on any atom is 0.262 e. The minimum atomic E-state index is -3.86.